The van der Waals surface area contributed by atoms with Crippen molar-refractivity contribution in [1.29, 1.82) is 0 Å². The maximum Gasteiger partial charge on any atom is 0.308 e. The van der Waals surface area contributed by atoms with E-state index in [1.54, 1.807) is 11.9 Å². The van der Waals surface area contributed by atoms with Crippen molar-refractivity contribution in [2.24, 2.45) is 5.92 Å². The summed E-state index contributed by atoms with van der Waals surface area (Å²) in [5, 5.41) is 9.29. The molecule has 1 aromatic rings. The van der Waals surface area contributed by atoms with Crippen molar-refractivity contribution < 1.29 is 14.7 Å². The zero-order valence-electron chi connectivity index (χ0n) is 10.6. The molecule has 0 radical (unpaired) electrons. The summed E-state index contributed by atoms with van der Waals surface area (Å²) < 4.78 is 0. The number of aliphatic carboxylic acids is 1. The number of carboxylic acids is 1. The second kappa shape index (κ2) is 4.80. The molecule has 0 spiro atoms. The fourth-order valence-corrected chi connectivity index (χ4v) is 2.52. The van der Waals surface area contributed by atoms with Crippen LogP contribution in [0.3, 0.4) is 0 Å². The van der Waals surface area contributed by atoms with E-state index in [1.807, 2.05) is 31.2 Å². The van der Waals surface area contributed by atoms with Crippen molar-refractivity contribution in [2.45, 2.75) is 25.8 Å². The number of benzene rings is 1. The Labute approximate surface area is 106 Å². The van der Waals surface area contributed by atoms with Gasteiger partial charge in [0.15, 0.2) is 0 Å². The van der Waals surface area contributed by atoms with Gasteiger partial charge in [0.2, 0.25) is 5.91 Å². The molecule has 1 saturated heterocycles. The highest BCUT2D eigenvalue weighted by atomic mass is 16.4. The molecule has 1 fully saturated rings. The smallest absolute Gasteiger partial charge is 0.308 e. The molecule has 1 heterocycles. The second-order valence-electron chi connectivity index (χ2n) is 4.84. The lowest BCUT2D eigenvalue weighted by Gasteiger charge is -2.37. The Bertz CT molecular complexity index is 466. The molecule has 0 bridgehead atoms. The minimum absolute atomic E-state index is 0.0121. The number of amides is 1. The molecule has 1 aliphatic rings. The normalized spacial score (nSPS) is 24.1. The summed E-state index contributed by atoms with van der Waals surface area (Å²) in [4.78, 5) is 24.6. The summed E-state index contributed by atoms with van der Waals surface area (Å²) in [6, 6.07) is 7.35. The van der Waals surface area contributed by atoms with Gasteiger partial charge in [-0.15, -0.1) is 0 Å². The molecule has 2 rings (SSSR count). The summed E-state index contributed by atoms with van der Waals surface area (Å²) >= 11 is 0. The molecule has 0 aromatic heterocycles. The second-order valence-corrected chi connectivity index (χ2v) is 4.84. The van der Waals surface area contributed by atoms with Crippen molar-refractivity contribution in [2.75, 3.05) is 7.05 Å². The van der Waals surface area contributed by atoms with Gasteiger partial charge in [0.25, 0.3) is 0 Å². The summed E-state index contributed by atoms with van der Waals surface area (Å²) in [6.45, 7) is 1.98. The van der Waals surface area contributed by atoms with Crippen molar-refractivity contribution in [1.82, 2.24) is 4.90 Å². The van der Waals surface area contributed by atoms with Crippen LogP contribution in [-0.4, -0.2) is 28.9 Å². The first kappa shape index (κ1) is 12.6. The number of rotatable bonds is 2. The van der Waals surface area contributed by atoms with E-state index in [-0.39, 0.29) is 11.9 Å². The summed E-state index contributed by atoms with van der Waals surface area (Å²) in [6.07, 6.45) is 0.729. The molecular weight excluding hydrogens is 230 g/mol. The number of likely N-dealkylation sites (tertiary alicyclic amines) is 1. The van der Waals surface area contributed by atoms with Gasteiger partial charge >= 0.3 is 5.97 Å². The SMILES string of the molecule is Cc1ccc(C2C(C(=O)O)CCC(=O)N2C)cc1. The van der Waals surface area contributed by atoms with E-state index in [0.717, 1.165) is 11.1 Å². The van der Waals surface area contributed by atoms with Gasteiger partial charge in [-0.1, -0.05) is 29.8 Å². The number of nitrogens with zero attached hydrogens (tertiary/aromatic N) is 1. The van der Waals surface area contributed by atoms with E-state index in [1.165, 1.54) is 0 Å². The first-order chi connectivity index (χ1) is 8.50. The van der Waals surface area contributed by atoms with Crippen LogP contribution in [0, 0.1) is 12.8 Å². The molecule has 0 aliphatic carbocycles. The minimum atomic E-state index is -0.833. The first-order valence-corrected chi connectivity index (χ1v) is 6.05. The van der Waals surface area contributed by atoms with Crippen LogP contribution < -0.4 is 0 Å². The molecule has 2 atom stereocenters. The molecule has 1 N–H and O–H groups in total. The van der Waals surface area contributed by atoms with Crippen molar-refractivity contribution in [3.05, 3.63) is 35.4 Å². The Morgan fingerprint density at radius 1 is 1.33 bits per heavy atom. The minimum Gasteiger partial charge on any atom is -0.481 e. The number of carbonyl (C=O) groups excluding carboxylic acids is 1. The van der Waals surface area contributed by atoms with Gasteiger partial charge in [-0.25, -0.2) is 0 Å². The highest BCUT2D eigenvalue weighted by molar-refractivity contribution is 5.81. The third-order valence-corrected chi connectivity index (χ3v) is 3.60. The number of carboxylic acid groups (broad SMARTS) is 1. The first-order valence-electron chi connectivity index (χ1n) is 6.05. The Morgan fingerprint density at radius 3 is 2.50 bits per heavy atom. The Hall–Kier alpha value is -1.84. The lowest BCUT2D eigenvalue weighted by Crippen LogP contribution is -2.42. The van der Waals surface area contributed by atoms with Gasteiger partial charge in [-0.05, 0) is 18.9 Å². The highest BCUT2D eigenvalue weighted by Crippen LogP contribution is 2.35. The molecule has 1 aromatic carbocycles. The van der Waals surface area contributed by atoms with E-state index >= 15 is 0 Å². The number of aryl methyl sites for hydroxylation is 1. The zero-order chi connectivity index (χ0) is 13.3. The lowest BCUT2D eigenvalue weighted by molar-refractivity contribution is -0.150. The van der Waals surface area contributed by atoms with Crippen LogP contribution in [0.25, 0.3) is 0 Å². The molecule has 18 heavy (non-hydrogen) atoms. The predicted molar refractivity (Wildman–Crippen MR) is 67.0 cm³/mol. The molecule has 4 nitrogen and oxygen atoms in total. The van der Waals surface area contributed by atoms with E-state index < -0.39 is 11.9 Å². The summed E-state index contributed by atoms with van der Waals surface area (Å²) in [5.74, 6) is -1.34. The van der Waals surface area contributed by atoms with Crippen LogP contribution in [0.2, 0.25) is 0 Å². The summed E-state index contributed by atoms with van der Waals surface area (Å²) in [7, 11) is 1.68. The molecule has 4 heteroatoms. The van der Waals surface area contributed by atoms with Crippen LogP contribution in [-0.2, 0) is 9.59 Å². The van der Waals surface area contributed by atoms with Gasteiger partial charge in [-0.3, -0.25) is 9.59 Å². The van der Waals surface area contributed by atoms with Crippen molar-refractivity contribution in [3.63, 3.8) is 0 Å². The predicted octanol–water partition coefficient (Wildman–Crippen LogP) is 1.99. The molecule has 1 amide bonds. The third kappa shape index (κ3) is 2.23. The zero-order valence-corrected chi connectivity index (χ0v) is 10.6. The van der Waals surface area contributed by atoms with Crippen LogP contribution in [0.15, 0.2) is 24.3 Å². The number of hydrogen-bond donors (Lipinski definition) is 1. The molecular formula is C14H17NO3. The topological polar surface area (TPSA) is 57.6 Å². The number of carbonyl (C=O) groups is 2. The average Bonchev–Trinajstić information content (AvgIpc) is 2.33. The third-order valence-electron chi connectivity index (χ3n) is 3.60. The van der Waals surface area contributed by atoms with Gasteiger partial charge in [0.05, 0.1) is 12.0 Å². The molecule has 2 unspecified atom stereocenters. The Morgan fingerprint density at radius 2 is 1.94 bits per heavy atom. The monoisotopic (exact) mass is 247 g/mol. The maximum atomic E-state index is 11.7. The van der Waals surface area contributed by atoms with E-state index in [4.69, 9.17) is 0 Å². The van der Waals surface area contributed by atoms with Crippen LogP contribution in [0.4, 0.5) is 0 Å². The van der Waals surface area contributed by atoms with Crippen molar-refractivity contribution in [3.8, 4) is 0 Å². The van der Waals surface area contributed by atoms with Crippen molar-refractivity contribution >= 4 is 11.9 Å². The van der Waals surface area contributed by atoms with Gasteiger partial charge in [0, 0.05) is 13.5 Å². The molecule has 96 valence electrons. The number of hydrogen-bond acceptors (Lipinski definition) is 2. The largest absolute Gasteiger partial charge is 0.481 e. The Kier molecular flexibility index (Phi) is 3.36. The maximum absolute atomic E-state index is 11.7. The lowest BCUT2D eigenvalue weighted by atomic mass is 9.84. The number of piperidine rings is 1. The van der Waals surface area contributed by atoms with E-state index in [9.17, 15) is 14.7 Å². The van der Waals surface area contributed by atoms with Gasteiger partial charge in [-0.2, -0.15) is 0 Å². The van der Waals surface area contributed by atoms with E-state index in [2.05, 4.69) is 0 Å². The van der Waals surface area contributed by atoms with Crippen LogP contribution in [0.5, 0.6) is 0 Å². The molecule has 1 aliphatic heterocycles. The van der Waals surface area contributed by atoms with E-state index in [0.29, 0.717) is 12.8 Å². The quantitative estimate of drug-likeness (QED) is 0.869. The summed E-state index contributed by atoms with van der Waals surface area (Å²) in [5.41, 5.74) is 2.01. The Balaban J connectivity index is 2.37. The fourth-order valence-electron chi connectivity index (χ4n) is 2.52. The van der Waals surface area contributed by atoms with Gasteiger partial charge in [0.1, 0.15) is 0 Å². The highest BCUT2D eigenvalue weighted by Gasteiger charge is 2.38. The average molecular weight is 247 g/mol. The standard InChI is InChI=1S/C14H17NO3/c1-9-3-5-10(6-4-9)13-11(14(17)18)7-8-12(16)15(13)2/h3-6,11,13H,7-8H2,1-2H3,(H,17,18). The van der Waals surface area contributed by atoms with Gasteiger partial charge < -0.3 is 10.0 Å². The van der Waals surface area contributed by atoms with Crippen LogP contribution >= 0.6 is 0 Å². The fraction of sp³-hybridized carbons (Fsp3) is 0.429. The molecule has 0 saturated carbocycles. The van der Waals surface area contributed by atoms with Crippen LogP contribution in [0.1, 0.15) is 30.0 Å².